The third-order valence-electron chi connectivity index (χ3n) is 5.31. The minimum absolute atomic E-state index is 0.362. The molecular weight excluding hydrogens is 400 g/mol. The van der Waals surface area contributed by atoms with Gasteiger partial charge in [-0.1, -0.05) is 12.1 Å². The zero-order valence-electron chi connectivity index (χ0n) is 17.5. The molecule has 30 heavy (non-hydrogen) atoms. The van der Waals surface area contributed by atoms with E-state index in [-0.39, 0.29) is 0 Å². The average Bonchev–Trinajstić information content (AvgIpc) is 3.14. The fourth-order valence-corrected chi connectivity index (χ4v) is 3.82. The van der Waals surface area contributed by atoms with Gasteiger partial charge in [0.1, 0.15) is 0 Å². The number of nitrogens with zero attached hydrogens (tertiary/aromatic N) is 4. The van der Waals surface area contributed by atoms with E-state index in [4.69, 9.17) is 26.1 Å². The normalized spacial score (nSPS) is 14.7. The van der Waals surface area contributed by atoms with Crippen molar-refractivity contribution >= 4 is 17.9 Å². The van der Waals surface area contributed by atoms with E-state index in [1.165, 1.54) is 11.3 Å². The maximum Gasteiger partial charge on any atom is 0.288 e. The Hall–Kier alpha value is -2.84. The molecule has 7 nitrogen and oxygen atoms in total. The van der Waals surface area contributed by atoms with Crippen LogP contribution in [0.25, 0.3) is 11.5 Å². The van der Waals surface area contributed by atoms with Crippen LogP contribution in [-0.4, -0.2) is 55.1 Å². The number of anilines is 1. The molecule has 0 amide bonds. The number of benzene rings is 2. The Bertz CT molecular complexity index is 1070. The van der Waals surface area contributed by atoms with Crippen molar-refractivity contribution in [3.05, 3.63) is 52.9 Å². The molecule has 2 aromatic carbocycles. The van der Waals surface area contributed by atoms with Gasteiger partial charge in [-0.15, -0.1) is 5.10 Å². The fourth-order valence-electron chi connectivity index (χ4n) is 3.64. The molecule has 1 saturated heterocycles. The first-order chi connectivity index (χ1) is 14.6. The minimum atomic E-state index is 0.362. The number of hydrogen-bond donors (Lipinski definition) is 0. The maximum atomic E-state index is 5.75. The van der Waals surface area contributed by atoms with Crippen molar-refractivity contribution in [2.45, 2.75) is 13.6 Å². The molecular formula is C22H26N4O3S. The molecule has 0 bridgehead atoms. The topological polar surface area (TPSA) is 55.9 Å². The lowest BCUT2D eigenvalue weighted by molar-refractivity contribution is 0.192. The lowest BCUT2D eigenvalue weighted by Gasteiger charge is -2.35. The van der Waals surface area contributed by atoms with E-state index in [9.17, 15) is 0 Å². The minimum Gasteiger partial charge on any atom is -0.493 e. The summed E-state index contributed by atoms with van der Waals surface area (Å²) in [6.07, 6.45) is 0. The van der Waals surface area contributed by atoms with Crippen molar-refractivity contribution in [2.24, 2.45) is 0 Å². The van der Waals surface area contributed by atoms with Gasteiger partial charge >= 0.3 is 0 Å². The van der Waals surface area contributed by atoms with Crippen LogP contribution in [0.2, 0.25) is 0 Å². The zero-order valence-corrected chi connectivity index (χ0v) is 18.3. The van der Waals surface area contributed by atoms with Crippen LogP contribution in [0.4, 0.5) is 5.69 Å². The van der Waals surface area contributed by atoms with Crippen LogP contribution in [0.1, 0.15) is 5.56 Å². The highest BCUT2D eigenvalue weighted by molar-refractivity contribution is 7.71. The number of ether oxygens (including phenoxy) is 2. The number of aryl methyl sites for hydroxylation is 1. The smallest absolute Gasteiger partial charge is 0.288 e. The monoisotopic (exact) mass is 426 g/mol. The first-order valence-electron chi connectivity index (χ1n) is 9.91. The number of methoxy groups -OCH3 is 2. The molecule has 0 radical (unpaired) electrons. The van der Waals surface area contributed by atoms with Crippen molar-refractivity contribution in [2.75, 3.05) is 45.3 Å². The first-order valence-corrected chi connectivity index (χ1v) is 10.3. The van der Waals surface area contributed by atoms with Crippen LogP contribution in [0.3, 0.4) is 0 Å². The second kappa shape index (κ2) is 8.89. The SMILES string of the molecule is COc1ccc(-c2nn(CN3CCN(c4cccc(C)c4)CC3)c(=S)o2)cc1OC. The van der Waals surface area contributed by atoms with Gasteiger partial charge in [0.2, 0.25) is 5.89 Å². The Morgan fingerprint density at radius 1 is 1.00 bits per heavy atom. The lowest BCUT2D eigenvalue weighted by Crippen LogP contribution is -2.47. The summed E-state index contributed by atoms with van der Waals surface area (Å²) in [6, 6.07) is 14.2. The summed E-state index contributed by atoms with van der Waals surface area (Å²) in [5.41, 5.74) is 3.36. The molecule has 3 aromatic rings. The van der Waals surface area contributed by atoms with Crippen molar-refractivity contribution in [1.82, 2.24) is 14.7 Å². The van der Waals surface area contributed by atoms with Gasteiger partial charge in [-0.05, 0) is 55.0 Å². The molecule has 0 atom stereocenters. The highest BCUT2D eigenvalue weighted by Gasteiger charge is 2.19. The second-order valence-corrected chi connectivity index (χ2v) is 7.68. The van der Waals surface area contributed by atoms with Gasteiger partial charge in [0, 0.05) is 37.4 Å². The van der Waals surface area contributed by atoms with Crippen LogP contribution < -0.4 is 14.4 Å². The van der Waals surface area contributed by atoms with Crippen LogP contribution in [0.15, 0.2) is 46.9 Å². The Morgan fingerprint density at radius 3 is 2.47 bits per heavy atom. The van der Waals surface area contributed by atoms with Crippen molar-refractivity contribution in [3.63, 3.8) is 0 Å². The van der Waals surface area contributed by atoms with E-state index in [0.29, 0.717) is 28.9 Å². The highest BCUT2D eigenvalue weighted by Crippen LogP contribution is 2.31. The third-order valence-corrected chi connectivity index (χ3v) is 5.60. The van der Waals surface area contributed by atoms with Crippen LogP contribution in [0, 0.1) is 11.8 Å². The van der Waals surface area contributed by atoms with Gasteiger partial charge < -0.3 is 18.8 Å². The summed E-state index contributed by atoms with van der Waals surface area (Å²) in [4.78, 5) is 5.12. The van der Waals surface area contributed by atoms with Crippen molar-refractivity contribution in [3.8, 4) is 23.0 Å². The molecule has 1 aromatic heterocycles. The number of piperazine rings is 1. The van der Waals surface area contributed by atoms with Gasteiger partial charge in [-0.2, -0.15) is 0 Å². The van der Waals surface area contributed by atoms with E-state index >= 15 is 0 Å². The van der Waals surface area contributed by atoms with Gasteiger partial charge in [0.05, 0.1) is 20.9 Å². The van der Waals surface area contributed by atoms with Crippen molar-refractivity contribution < 1.29 is 13.9 Å². The van der Waals surface area contributed by atoms with Gasteiger partial charge in [-0.3, -0.25) is 4.90 Å². The molecule has 0 N–H and O–H groups in total. The standard InChI is InChI=1S/C22H26N4O3S/c1-16-5-4-6-18(13-16)25-11-9-24(10-12-25)15-26-22(30)29-21(23-26)17-7-8-19(27-2)20(14-17)28-3/h4-8,13-14H,9-12,15H2,1-3H3. The van der Waals surface area contributed by atoms with Crippen molar-refractivity contribution in [1.29, 1.82) is 0 Å². The summed E-state index contributed by atoms with van der Waals surface area (Å²) in [7, 11) is 3.21. The Kier molecular flexibility index (Phi) is 6.06. The average molecular weight is 427 g/mol. The zero-order chi connectivity index (χ0) is 21.1. The Morgan fingerprint density at radius 2 is 1.77 bits per heavy atom. The quantitative estimate of drug-likeness (QED) is 0.553. The number of aromatic nitrogens is 2. The molecule has 8 heteroatoms. The van der Waals surface area contributed by atoms with Gasteiger partial charge in [0.25, 0.3) is 4.84 Å². The molecule has 1 aliphatic heterocycles. The predicted octanol–water partition coefficient (Wildman–Crippen LogP) is 3.98. The van der Waals surface area contributed by atoms with E-state index in [1.807, 2.05) is 18.2 Å². The van der Waals surface area contributed by atoms with E-state index in [0.717, 1.165) is 31.7 Å². The Balaban J connectivity index is 1.43. The molecule has 0 unspecified atom stereocenters. The number of hydrogen-bond acceptors (Lipinski definition) is 7. The highest BCUT2D eigenvalue weighted by atomic mass is 32.1. The Labute approximate surface area is 181 Å². The third kappa shape index (κ3) is 4.34. The van der Waals surface area contributed by atoms with E-state index < -0.39 is 0 Å². The van der Waals surface area contributed by atoms with Crippen LogP contribution >= 0.6 is 12.2 Å². The maximum absolute atomic E-state index is 5.75. The molecule has 1 aliphatic rings. The summed E-state index contributed by atoms with van der Waals surface area (Å²) in [5.74, 6) is 1.75. The summed E-state index contributed by atoms with van der Waals surface area (Å²) >= 11 is 5.41. The largest absolute Gasteiger partial charge is 0.493 e. The fraction of sp³-hybridized carbons (Fsp3) is 0.364. The summed E-state index contributed by atoms with van der Waals surface area (Å²) in [5, 5.41) is 4.59. The summed E-state index contributed by atoms with van der Waals surface area (Å²) in [6.45, 7) is 6.55. The molecule has 2 heterocycles. The molecule has 0 spiro atoms. The van der Waals surface area contributed by atoms with Crippen LogP contribution in [-0.2, 0) is 6.67 Å². The second-order valence-electron chi connectivity index (χ2n) is 7.33. The van der Waals surface area contributed by atoms with Gasteiger partial charge in [0.15, 0.2) is 11.5 Å². The van der Waals surface area contributed by atoms with Gasteiger partial charge in [-0.25, -0.2) is 4.68 Å². The lowest BCUT2D eigenvalue weighted by atomic mass is 10.2. The molecule has 0 saturated carbocycles. The molecule has 1 fully saturated rings. The van der Waals surface area contributed by atoms with E-state index in [2.05, 4.69) is 46.1 Å². The molecule has 158 valence electrons. The molecule has 4 rings (SSSR count). The summed E-state index contributed by atoms with van der Waals surface area (Å²) < 4.78 is 18.2. The first kappa shape index (κ1) is 20.4. The predicted molar refractivity (Wildman–Crippen MR) is 119 cm³/mol. The van der Waals surface area contributed by atoms with Crippen LogP contribution in [0.5, 0.6) is 11.5 Å². The molecule has 0 aliphatic carbocycles. The van der Waals surface area contributed by atoms with E-state index in [1.54, 1.807) is 18.9 Å². The number of rotatable bonds is 6.